The molecule has 104 valence electrons. The Kier molecular flexibility index (Phi) is 6.32. The van der Waals surface area contributed by atoms with Crippen LogP contribution in [0.15, 0.2) is 4.47 Å². The summed E-state index contributed by atoms with van der Waals surface area (Å²) in [6.45, 7) is 9.97. The Labute approximate surface area is 118 Å². The van der Waals surface area contributed by atoms with Crippen molar-refractivity contribution in [3.05, 3.63) is 15.9 Å². The quantitative estimate of drug-likeness (QED) is 0.839. The predicted molar refractivity (Wildman–Crippen MR) is 77.9 cm³/mol. The van der Waals surface area contributed by atoms with Crippen LogP contribution in [0.1, 0.15) is 32.2 Å². The Balaban J connectivity index is 2.82. The highest BCUT2D eigenvalue weighted by Crippen LogP contribution is 2.22. The SMILES string of the molecule is CCNC(Cc1c(Br)c(C)nn1C)C(C)OCC. The summed E-state index contributed by atoms with van der Waals surface area (Å²) in [5.74, 6) is 0. The van der Waals surface area contributed by atoms with Crippen LogP contribution < -0.4 is 5.32 Å². The van der Waals surface area contributed by atoms with E-state index in [0.29, 0.717) is 6.04 Å². The molecule has 0 amide bonds. The van der Waals surface area contributed by atoms with Gasteiger partial charge < -0.3 is 10.1 Å². The maximum Gasteiger partial charge on any atom is 0.0738 e. The number of hydrogen-bond donors (Lipinski definition) is 1. The number of hydrogen-bond acceptors (Lipinski definition) is 3. The van der Waals surface area contributed by atoms with Gasteiger partial charge in [-0.3, -0.25) is 4.68 Å². The standard InChI is InChI=1S/C13H24BrN3O/c1-6-15-11(10(4)18-7-2)8-12-13(14)9(3)16-17(12)5/h10-11,15H,6-8H2,1-5H3. The highest BCUT2D eigenvalue weighted by Gasteiger charge is 2.21. The average Bonchev–Trinajstić information content (AvgIpc) is 2.55. The highest BCUT2D eigenvalue weighted by atomic mass is 79.9. The van der Waals surface area contributed by atoms with Crippen LogP contribution in [0.4, 0.5) is 0 Å². The summed E-state index contributed by atoms with van der Waals surface area (Å²) in [6, 6.07) is 0.307. The fraction of sp³-hybridized carbons (Fsp3) is 0.769. The Morgan fingerprint density at radius 1 is 1.44 bits per heavy atom. The van der Waals surface area contributed by atoms with Crippen molar-refractivity contribution in [3.8, 4) is 0 Å². The van der Waals surface area contributed by atoms with Gasteiger partial charge in [-0.25, -0.2) is 0 Å². The van der Waals surface area contributed by atoms with Crippen LogP contribution in [0.3, 0.4) is 0 Å². The number of nitrogens with one attached hydrogen (secondary N) is 1. The first-order valence-corrected chi connectivity index (χ1v) is 7.33. The molecule has 0 saturated carbocycles. The Hall–Kier alpha value is -0.390. The molecular weight excluding hydrogens is 294 g/mol. The third-order valence-electron chi connectivity index (χ3n) is 3.14. The molecule has 0 aliphatic heterocycles. The van der Waals surface area contributed by atoms with Gasteiger partial charge in [0.25, 0.3) is 0 Å². The summed E-state index contributed by atoms with van der Waals surface area (Å²) in [7, 11) is 1.99. The molecule has 0 fully saturated rings. The van der Waals surface area contributed by atoms with Crippen LogP contribution >= 0.6 is 15.9 Å². The molecule has 0 aromatic carbocycles. The van der Waals surface area contributed by atoms with E-state index in [0.717, 1.165) is 29.7 Å². The highest BCUT2D eigenvalue weighted by molar-refractivity contribution is 9.10. The molecule has 1 heterocycles. The molecule has 0 spiro atoms. The maximum absolute atomic E-state index is 5.71. The molecule has 4 nitrogen and oxygen atoms in total. The van der Waals surface area contributed by atoms with Gasteiger partial charge in [-0.2, -0.15) is 5.10 Å². The van der Waals surface area contributed by atoms with Crippen molar-refractivity contribution in [3.63, 3.8) is 0 Å². The van der Waals surface area contributed by atoms with Crippen LogP contribution in [0.25, 0.3) is 0 Å². The van der Waals surface area contributed by atoms with Gasteiger partial charge in [0, 0.05) is 26.1 Å². The number of ether oxygens (including phenoxy) is 1. The monoisotopic (exact) mass is 317 g/mol. The molecule has 1 rings (SSSR count). The first kappa shape index (κ1) is 15.7. The Bertz CT molecular complexity index is 379. The predicted octanol–water partition coefficient (Wildman–Crippen LogP) is 2.44. The Morgan fingerprint density at radius 2 is 2.11 bits per heavy atom. The zero-order valence-corrected chi connectivity index (χ0v) is 13.5. The van der Waals surface area contributed by atoms with E-state index in [1.54, 1.807) is 0 Å². The third-order valence-corrected chi connectivity index (χ3v) is 4.17. The second kappa shape index (κ2) is 7.26. The lowest BCUT2D eigenvalue weighted by Crippen LogP contribution is -2.42. The summed E-state index contributed by atoms with van der Waals surface area (Å²) >= 11 is 3.62. The van der Waals surface area contributed by atoms with E-state index in [1.807, 2.05) is 25.6 Å². The number of rotatable bonds is 7. The van der Waals surface area contributed by atoms with Gasteiger partial charge in [-0.15, -0.1) is 0 Å². The second-order valence-electron chi connectivity index (χ2n) is 4.50. The van der Waals surface area contributed by atoms with Crippen LogP contribution in [-0.2, 0) is 18.2 Å². The molecule has 2 unspecified atom stereocenters. The van der Waals surface area contributed by atoms with Crippen LogP contribution in [0.2, 0.25) is 0 Å². The van der Waals surface area contributed by atoms with Gasteiger partial charge in [-0.1, -0.05) is 6.92 Å². The lowest BCUT2D eigenvalue weighted by molar-refractivity contribution is 0.0475. The maximum atomic E-state index is 5.71. The van der Waals surface area contributed by atoms with Gasteiger partial charge in [-0.05, 0) is 43.2 Å². The number of aromatic nitrogens is 2. The van der Waals surface area contributed by atoms with Gasteiger partial charge in [0.05, 0.1) is 22.0 Å². The van der Waals surface area contributed by atoms with Crippen molar-refractivity contribution in [2.45, 2.75) is 46.3 Å². The van der Waals surface area contributed by atoms with Crippen molar-refractivity contribution in [2.75, 3.05) is 13.2 Å². The number of halogens is 1. The van der Waals surface area contributed by atoms with Crippen LogP contribution in [-0.4, -0.2) is 35.1 Å². The smallest absolute Gasteiger partial charge is 0.0738 e. The first-order valence-electron chi connectivity index (χ1n) is 6.54. The second-order valence-corrected chi connectivity index (χ2v) is 5.29. The fourth-order valence-corrected chi connectivity index (χ4v) is 2.65. The third kappa shape index (κ3) is 3.80. The van der Waals surface area contributed by atoms with Gasteiger partial charge in [0.1, 0.15) is 0 Å². The van der Waals surface area contributed by atoms with E-state index in [1.165, 1.54) is 5.69 Å². The molecular formula is C13H24BrN3O. The van der Waals surface area contributed by atoms with E-state index in [2.05, 4.69) is 40.2 Å². The normalized spacial score (nSPS) is 14.8. The van der Waals surface area contributed by atoms with Gasteiger partial charge in [0.15, 0.2) is 0 Å². The van der Waals surface area contributed by atoms with Gasteiger partial charge in [0.2, 0.25) is 0 Å². The van der Waals surface area contributed by atoms with Crippen molar-refractivity contribution in [2.24, 2.45) is 7.05 Å². The number of likely N-dealkylation sites (N-methyl/N-ethyl adjacent to an activating group) is 1. The van der Waals surface area contributed by atoms with Crippen molar-refractivity contribution >= 4 is 15.9 Å². The van der Waals surface area contributed by atoms with Gasteiger partial charge >= 0.3 is 0 Å². The van der Waals surface area contributed by atoms with E-state index in [9.17, 15) is 0 Å². The Morgan fingerprint density at radius 3 is 2.56 bits per heavy atom. The molecule has 1 N–H and O–H groups in total. The molecule has 18 heavy (non-hydrogen) atoms. The van der Waals surface area contributed by atoms with Crippen LogP contribution in [0.5, 0.6) is 0 Å². The van der Waals surface area contributed by atoms with E-state index >= 15 is 0 Å². The van der Waals surface area contributed by atoms with E-state index in [4.69, 9.17) is 4.74 Å². The molecule has 0 radical (unpaired) electrons. The first-order chi connectivity index (χ1) is 8.51. The minimum atomic E-state index is 0.192. The molecule has 5 heteroatoms. The van der Waals surface area contributed by atoms with E-state index in [-0.39, 0.29) is 6.10 Å². The minimum Gasteiger partial charge on any atom is -0.377 e. The average molecular weight is 318 g/mol. The summed E-state index contributed by atoms with van der Waals surface area (Å²) in [4.78, 5) is 0. The van der Waals surface area contributed by atoms with Crippen molar-refractivity contribution in [1.29, 1.82) is 0 Å². The number of aryl methyl sites for hydroxylation is 2. The summed E-state index contributed by atoms with van der Waals surface area (Å²) < 4.78 is 8.76. The molecule has 0 bridgehead atoms. The minimum absolute atomic E-state index is 0.192. The summed E-state index contributed by atoms with van der Waals surface area (Å²) in [5, 5.41) is 7.92. The molecule has 0 aliphatic rings. The topological polar surface area (TPSA) is 39.1 Å². The van der Waals surface area contributed by atoms with E-state index < -0.39 is 0 Å². The van der Waals surface area contributed by atoms with Crippen LogP contribution in [0, 0.1) is 6.92 Å². The molecule has 2 atom stereocenters. The zero-order chi connectivity index (χ0) is 13.7. The lowest BCUT2D eigenvalue weighted by atomic mass is 10.1. The fourth-order valence-electron chi connectivity index (χ4n) is 2.16. The lowest BCUT2D eigenvalue weighted by Gasteiger charge is -2.25. The zero-order valence-electron chi connectivity index (χ0n) is 12.0. The molecule has 1 aromatic heterocycles. The summed E-state index contributed by atoms with van der Waals surface area (Å²) in [5.41, 5.74) is 2.25. The largest absolute Gasteiger partial charge is 0.377 e. The van der Waals surface area contributed by atoms with Crippen molar-refractivity contribution < 1.29 is 4.74 Å². The number of nitrogens with zero attached hydrogens (tertiary/aromatic N) is 2. The van der Waals surface area contributed by atoms with Crippen molar-refractivity contribution in [1.82, 2.24) is 15.1 Å². The molecule has 0 saturated heterocycles. The molecule has 1 aromatic rings. The summed E-state index contributed by atoms with van der Waals surface area (Å²) in [6.07, 6.45) is 1.10. The molecule has 0 aliphatic carbocycles.